The molecule has 0 aliphatic rings. The quantitative estimate of drug-likeness (QED) is 0.443. The van der Waals surface area contributed by atoms with Crippen LogP contribution in [0.15, 0.2) is 24.3 Å². The molecule has 0 aliphatic heterocycles. The number of hydrogen-bond acceptors (Lipinski definition) is 5. The van der Waals surface area contributed by atoms with Gasteiger partial charge in [-0.2, -0.15) is 0 Å². The van der Waals surface area contributed by atoms with Crippen molar-refractivity contribution in [2.45, 2.75) is 50.9 Å². The van der Waals surface area contributed by atoms with E-state index < -0.39 is 22.9 Å². The van der Waals surface area contributed by atoms with Crippen LogP contribution in [0.3, 0.4) is 0 Å². The van der Waals surface area contributed by atoms with Crippen LogP contribution in [0.4, 0.5) is 5.69 Å². The number of ether oxygens (including phenoxy) is 2. The van der Waals surface area contributed by atoms with Gasteiger partial charge >= 0.3 is 11.9 Å². The van der Waals surface area contributed by atoms with Gasteiger partial charge in [0.1, 0.15) is 5.75 Å². The maximum atomic E-state index is 12.5. The Morgan fingerprint density at radius 3 is 2.30 bits per heavy atom. The van der Waals surface area contributed by atoms with Gasteiger partial charge in [-0.1, -0.05) is 20.3 Å². The molecule has 0 saturated heterocycles. The third-order valence-electron chi connectivity index (χ3n) is 3.69. The van der Waals surface area contributed by atoms with Gasteiger partial charge < -0.3 is 14.8 Å². The Morgan fingerprint density at radius 1 is 1.26 bits per heavy atom. The van der Waals surface area contributed by atoms with Crippen molar-refractivity contribution < 1.29 is 19.1 Å². The zero-order valence-corrected chi connectivity index (χ0v) is 14.8. The van der Waals surface area contributed by atoms with E-state index in [9.17, 15) is 9.59 Å². The summed E-state index contributed by atoms with van der Waals surface area (Å²) in [7, 11) is 1.58. The molecule has 0 radical (unpaired) electrons. The molecule has 0 bridgehead atoms. The van der Waals surface area contributed by atoms with Crippen molar-refractivity contribution in [3.05, 3.63) is 24.3 Å². The predicted molar refractivity (Wildman–Crippen MR) is 91.0 cm³/mol. The molecule has 5 nitrogen and oxygen atoms in total. The van der Waals surface area contributed by atoms with Crippen LogP contribution in [0.25, 0.3) is 0 Å². The molecule has 0 heterocycles. The fourth-order valence-corrected chi connectivity index (χ4v) is 2.88. The first-order valence-corrected chi connectivity index (χ1v) is 8.12. The number of anilines is 1. The molecule has 1 aromatic rings. The van der Waals surface area contributed by atoms with Crippen molar-refractivity contribution in [3.63, 3.8) is 0 Å². The van der Waals surface area contributed by atoms with Crippen LogP contribution >= 0.6 is 11.6 Å². The second-order valence-corrected chi connectivity index (χ2v) is 5.84. The molecule has 1 aromatic carbocycles. The van der Waals surface area contributed by atoms with Gasteiger partial charge in [-0.15, -0.1) is 11.6 Å². The average Bonchev–Trinajstić information content (AvgIpc) is 2.52. The van der Waals surface area contributed by atoms with E-state index in [1.165, 1.54) is 6.92 Å². The zero-order chi connectivity index (χ0) is 17.5. The van der Waals surface area contributed by atoms with E-state index in [0.717, 1.165) is 6.42 Å². The Kier molecular flexibility index (Phi) is 7.36. The van der Waals surface area contributed by atoms with Crippen LogP contribution in [0.5, 0.6) is 5.75 Å². The Balaban J connectivity index is 3.14. The third-order valence-corrected chi connectivity index (χ3v) is 4.28. The Labute approximate surface area is 142 Å². The smallest absolute Gasteiger partial charge is 0.340 e. The summed E-state index contributed by atoms with van der Waals surface area (Å²) >= 11 is 6.49. The highest BCUT2D eigenvalue weighted by Crippen LogP contribution is 2.31. The number of alkyl halides is 1. The molecule has 0 spiro atoms. The molecular formula is C17H24ClNO4. The number of carbonyl (C=O) groups excluding carboxylic acids is 2. The molecule has 1 rings (SSSR count). The minimum atomic E-state index is -1.17. The highest BCUT2D eigenvalue weighted by atomic mass is 35.5. The molecule has 6 heteroatoms. The van der Waals surface area contributed by atoms with Crippen LogP contribution in [-0.4, -0.2) is 30.0 Å². The summed E-state index contributed by atoms with van der Waals surface area (Å²) in [6.45, 7) is 5.03. The predicted octanol–water partition coefficient (Wildman–Crippen LogP) is 3.75. The molecular weight excluding hydrogens is 318 g/mol. The normalized spacial score (nSPS) is 14.5. The minimum Gasteiger partial charge on any atom is -0.497 e. The van der Waals surface area contributed by atoms with Crippen LogP contribution < -0.4 is 10.1 Å². The summed E-state index contributed by atoms with van der Waals surface area (Å²) in [5, 5.41) is 2.66. The average molecular weight is 342 g/mol. The highest BCUT2D eigenvalue weighted by Gasteiger charge is 2.45. The van der Waals surface area contributed by atoms with Crippen LogP contribution in [0.2, 0.25) is 0 Å². The molecule has 0 amide bonds. The second kappa shape index (κ2) is 8.77. The van der Waals surface area contributed by atoms with Gasteiger partial charge in [0.15, 0.2) is 5.54 Å². The lowest BCUT2D eigenvalue weighted by Crippen LogP contribution is -2.54. The standard InChI is InChI=1S/C17H24ClNO4/c1-5-7-15(18)17(6-2,16(21)23-12(3)20)19-13-8-10-14(22-4)11-9-13/h8-11,15,19H,5-7H2,1-4H3/t15?,17-/m1/s1. The number of nitrogens with one attached hydrogen (secondary N) is 1. The van der Waals surface area contributed by atoms with Gasteiger partial charge in [-0.05, 0) is 37.1 Å². The Morgan fingerprint density at radius 2 is 1.87 bits per heavy atom. The van der Waals surface area contributed by atoms with Crippen molar-refractivity contribution in [2.75, 3.05) is 12.4 Å². The van der Waals surface area contributed by atoms with E-state index in [1.807, 2.05) is 13.8 Å². The van der Waals surface area contributed by atoms with Gasteiger partial charge in [0, 0.05) is 12.6 Å². The first kappa shape index (κ1) is 19.3. The third kappa shape index (κ3) is 4.86. The molecule has 1 unspecified atom stereocenters. The fourth-order valence-electron chi connectivity index (χ4n) is 2.36. The van der Waals surface area contributed by atoms with Crippen LogP contribution in [0, 0.1) is 0 Å². The molecule has 23 heavy (non-hydrogen) atoms. The van der Waals surface area contributed by atoms with E-state index in [1.54, 1.807) is 31.4 Å². The van der Waals surface area contributed by atoms with E-state index in [4.69, 9.17) is 21.1 Å². The van der Waals surface area contributed by atoms with Crippen LogP contribution in [-0.2, 0) is 14.3 Å². The number of methoxy groups -OCH3 is 1. The van der Waals surface area contributed by atoms with Gasteiger partial charge in [-0.3, -0.25) is 4.79 Å². The second-order valence-electron chi connectivity index (χ2n) is 5.32. The molecule has 2 atom stereocenters. The van der Waals surface area contributed by atoms with Gasteiger partial charge in [0.25, 0.3) is 0 Å². The summed E-state index contributed by atoms with van der Waals surface area (Å²) in [4.78, 5) is 23.7. The maximum absolute atomic E-state index is 12.5. The number of hydrogen-bond donors (Lipinski definition) is 1. The van der Waals surface area contributed by atoms with Crippen molar-refractivity contribution in [1.82, 2.24) is 0 Å². The van der Waals surface area contributed by atoms with E-state index in [-0.39, 0.29) is 0 Å². The lowest BCUT2D eigenvalue weighted by Gasteiger charge is -2.36. The van der Waals surface area contributed by atoms with Crippen molar-refractivity contribution in [2.24, 2.45) is 0 Å². The SMILES string of the molecule is CCCC(Cl)[C@@](CC)(Nc1ccc(OC)cc1)C(=O)OC(C)=O. The summed E-state index contributed by atoms with van der Waals surface area (Å²) in [5.74, 6) is -0.596. The van der Waals surface area contributed by atoms with Gasteiger partial charge in [0.2, 0.25) is 0 Å². The summed E-state index contributed by atoms with van der Waals surface area (Å²) < 4.78 is 9.96. The van der Waals surface area contributed by atoms with Crippen molar-refractivity contribution in [1.29, 1.82) is 0 Å². The summed E-state index contributed by atoms with van der Waals surface area (Å²) in [5.41, 5.74) is -0.465. The van der Waals surface area contributed by atoms with Gasteiger partial charge in [0.05, 0.1) is 12.5 Å². The largest absolute Gasteiger partial charge is 0.497 e. The number of esters is 2. The Bertz CT molecular complexity index is 532. The van der Waals surface area contributed by atoms with Crippen LogP contribution in [0.1, 0.15) is 40.0 Å². The zero-order valence-electron chi connectivity index (χ0n) is 14.0. The molecule has 0 aliphatic carbocycles. The number of rotatable bonds is 8. The number of halogens is 1. The van der Waals surface area contributed by atoms with Crippen molar-refractivity contribution in [3.8, 4) is 5.75 Å². The topological polar surface area (TPSA) is 64.6 Å². The number of benzene rings is 1. The molecule has 0 fully saturated rings. The fraction of sp³-hybridized carbons (Fsp3) is 0.529. The van der Waals surface area contributed by atoms with E-state index in [2.05, 4.69) is 5.32 Å². The Hall–Kier alpha value is -1.75. The van der Waals surface area contributed by atoms with E-state index in [0.29, 0.717) is 24.3 Å². The molecule has 0 aromatic heterocycles. The van der Waals surface area contributed by atoms with Crippen molar-refractivity contribution >= 4 is 29.2 Å². The molecule has 1 N–H and O–H groups in total. The number of carbonyl (C=O) groups is 2. The monoisotopic (exact) mass is 341 g/mol. The maximum Gasteiger partial charge on any atom is 0.340 e. The molecule has 128 valence electrons. The molecule has 0 saturated carbocycles. The van der Waals surface area contributed by atoms with E-state index >= 15 is 0 Å². The van der Waals surface area contributed by atoms with Gasteiger partial charge in [-0.25, -0.2) is 4.79 Å². The summed E-state index contributed by atoms with van der Waals surface area (Å²) in [6.07, 6.45) is 1.82. The lowest BCUT2D eigenvalue weighted by atomic mass is 9.88. The minimum absolute atomic E-state index is 0.388. The lowest BCUT2D eigenvalue weighted by molar-refractivity contribution is -0.161. The first-order valence-electron chi connectivity index (χ1n) is 7.68. The summed E-state index contributed by atoms with van der Waals surface area (Å²) in [6, 6.07) is 7.14. The highest BCUT2D eigenvalue weighted by molar-refractivity contribution is 6.24. The first-order chi connectivity index (χ1) is 10.9.